The molecule has 4 heteroatoms. The fourth-order valence-corrected chi connectivity index (χ4v) is 3.01. The van der Waals surface area contributed by atoms with Crippen molar-refractivity contribution in [2.24, 2.45) is 0 Å². The highest BCUT2D eigenvalue weighted by atomic mass is 16.5. The van der Waals surface area contributed by atoms with Crippen molar-refractivity contribution in [3.8, 4) is 22.9 Å². The zero-order chi connectivity index (χ0) is 16.9. The van der Waals surface area contributed by atoms with E-state index in [1.807, 2.05) is 37.4 Å². The molecule has 0 spiro atoms. The molecule has 0 unspecified atom stereocenters. The molecular weight excluding hydrogens is 298 g/mol. The van der Waals surface area contributed by atoms with Gasteiger partial charge in [0.2, 0.25) is 0 Å². The first kappa shape index (κ1) is 16.4. The second-order valence-electron chi connectivity index (χ2n) is 6.27. The van der Waals surface area contributed by atoms with E-state index in [2.05, 4.69) is 35.5 Å². The summed E-state index contributed by atoms with van der Waals surface area (Å²) in [6.07, 6.45) is 2.22. The molecule has 1 aliphatic rings. The summed E-state index contributed by atoms with van der Waals surface area (Å²) in [6.45, 7) is 2.09. The summed E-state index contributed by atoms with van der Waals surface area (Å²) in [7, 11) is 4.03. The van der Waals surface area contributed by atoms with Crippen LogP contribution in [0.3, 0.4) is 0 Å². The van der Waals surface area contributed by atoms with E-state index in [4.69, 9.17) is 4.74 Å². The Hall–Kier alpha value is -2.51. The molecule has 0 amide bonds. The van der Waals surface area contributed by atoms with E-state index in [1.54, 1.807) is 0 Å². The van der Waals surface area contributed by atoms with Crippen LogP contribution in [0.15, 0.2) is 42.5 Å². The van der Waals surface area contributed by atoms with Crippen LogP contribution in [-0.4, -0.2) is 38.2 Å². The van der Waals surface area contributed by atoms with Crippen molar-refractivity contribution >= 4 is 5.69 Å². The van der Waals surface area contributed by atoms with Crippen molar-refractivity contribution in [1.29, 1.82) is 5.26 Å². The number of likely N-dealkylation sites (tertiary alicyclic amines) is 1. The molecule has 24 heavy (non-hydrogen) atoms. The molecule has 1 aliphatic heterocycles. The quantitative estimate of drug-likeness (QED) is 0.932. The number of nitrogens with zero attached hydrogens (tertiary/aromatic N) is 2. The highest BCUT2D eigenvalue weighted by molar-refractivity contribution is 5.69. The van der Waals surface area contributed by atoms with Gasteiger partial charge in [-0.05, 0) is 55.3 Å². The van der Waals surface area contributed by atoms with Crippen LogP contribution in [-0.2, 0) is 0 Å². The number of piperidine rings is 1. The minimum absolute atomic E-state index is 0.203. The van der Waals surface area contributed by atoms with Crippen LogP contribution < -0.4 is 10.1 Å². The average molecular weight is 321 g/mol. The third-order valence-corrected chi connectivity index (χ3v) is 4.57. The smallest absolute Gasteiger partial charge is 0.137 e. The van der Waals surface area contributed by atoms with Gasteiger partial charge in [-0.1, -0.05) is 18.2 Å². The predicted octanol–water partition coefficient (Wildman–Crippen LogP) is 3.74. The summed E-state index contributed by atoms with van der Waals surface area (Å²) in [5, 5.41) is 12.6. The number of ether oxygens (including phenoxy) is 1. The lowest BCUT2D eigenvalue weighted by atomic mass is 10.0. The van der Waals surface area contributed by atoms with Crippen LogP contribution >= 0.6 is 0 Å². The van der Waals surface area contributed by atoms with Gasteiger partial charge in [-0.25, -0.2) is 0 Å². The van der Waals surface area contributed by atoms with Gasteiger partial charge < -0.3 is 15.0 Å². The van der Waals surface area contributed by atoms with Crippen molar-refractivity contribution in [3.05, 3.63) is 48.0 Å². The van der Waals surface area contributed by atoms with Gasteiger partial charge in [-0.15, -0.1) is 0 Å². The Morgan fingerprint density at radius 2 is 1.75 bits per heavy atom. The Morgan fingerprint density at radius 1 is 1.08 bits per heavy atom. The van der Waals surface area contributed by atoms with E-state index in [1.165, 1.54) is 0 Å². The van der Waals surface area contributed by atoms with Crippen LogP contribution in [0.2, 0.25) is 0 Å². The molecule has 1 heterocycles. The van der Waals surface area contributed by atoms with Crippen LogP contribution in [0.4, 0.5) is 5.69 Å². The Morgan fingerprint density at radius 3 is 2.38 bits per heavy atom. The fraction of sp³-hybridized carbons (Fsp3) is 0.350. The summed E-state index contributed by atoms with van der Waals surface area (Å²) < 4.78 is 6.09. The number of rotatable bonds is 4. The van der Waals surface area contributed by atoms with Crippen molar-refractivity contribution in [2.75, 3.05) is 32.5 Å². The van der Waals surface area contributed by atoms with Crippen molar-refractivity contribution in [3.63, 3.8) is 0 Å². The summed E-state index contributed by atoms with van der Waals surface area (Å²) >= 11 is 0. The molecule has 0 aromatic heterocycles. The first-order chi connectivity index (χ1) is 11.7. The third-order valence-electron chi connectivity index (χ3n) is 4.57. The summed E-state index contributed by atoms with van der Waals surface area (Å²) in [5.74, 6) is 0.697. The molecule has 124 valence electrons. The van der Waals surface area contributed by atoms with E-state index < -0.39 is 0 Å². The van der Waals surface area contributed by atoms with E-state index >= 15 is 0 Å². The number of hydrogen-bond acceptors (Lipinski definition) is 4. The standard InChI is InChI=1S/C20H23N3O/c1-22-18-6-3-15(4-7-18)16-5-8-20(17(13-16)14-21)24-19-9-11-23(2)12-10-19/h3-8,13,19,22H,9-12H2,1-2H3. The minimum atomic E-state index is 0.203. The maximum atomic E-state index is 9.50. The lowest BCUT2D eigenvalue weighted by Gasteiger charge is -2.29. The van der Waals surface area contributed by atoms with E-state index in [-0.39, 0.29) is 6.10 Å². The van der Waals surface area contributed by atoms with Crippen LogP contribution in [0.25, 0.3) is 11.1 Å². The maximum absolute atomic E-state index is 9.50. The van der Waals surface area contributed by atoms with E-state index in [9.17, 15) is 5.26 Å². The molecule has 2 aromatic carbocycles. The molecule has 1 N–H and O–H groups in total. The van der Waals surface area contributed by atoms with Gasteiger partial charge in [-0.2, -0.15) is 5.26 Å². The number of hydrogen-bond donors (Lipinski definition) is 1. The molecule has 0 bridgehead atoms. The highest BCUT2D eigenvalue weighted by Crippen LogP contribution is 2.29. The fourth-order valence-electron chi connectivity index (χ4n) is 3.01. The van der Waals surface area contributed by atoms with Gasteiger partial charge >= 0.3 is 0 Å². The lowest BCUT2D eigenvalue weighted by molar-refractivity contribution is 0.114. The summed E-state index contributed by atoms with van der Waals surface area (Å²) in [6, 6.07) is 16.3. The molecule has 1 saturated heterocycles. The van der Waals surface area contributed by atoms with Gasteiger partial charge in [0.1, 0.15) is 17.9 Å². The number of nitrogens with one attached hydrogen (secondary N) is 1. The molecule has 0 radical (unpaired) electrons. The molecular formula is C20H23N3O. The minimum Gasteiger partial charge on any atom is -0.489 e. The van der Waals surface area contributed by atoms with Crippen LogP contribution in [0.5, 0.6) is 5.75 Å². The Kier molecular flexibility index (Phi) is 5.02. The summed E-state index contributed by atoms with van der Waals surface area (Å²) in [4.78, 5) is 2.31. The monoisotopic (exact) mass is 321 g/mol. The lowest BCUT2D eigenvalue weighted by Crippen LogP contribution is -2.35. The zero-order valence-corrected chi connectivity index (χ0v) is 14.2. The largest absolute Gasteiger partial charge is 0.489 e. The molecule has 1 fully saturated rings. The van der Waals surface area contributed by atoms with E-state index in [0.717, 1.165) is 42.7 Å². The van der Waals surface area contributed by atoms with Gasteiger partial charge in [0.25, 0.3) is 0 Å². The maximum Gasteiger partial charge on any atom is 0.137 e. The average Bonchev–Trinajstić information content (AvgIpc) is 2.64. The topological polar surface area (TPSA) is 48.3 Å². The number of nitriles is 1. The van der Waals surface area contributed by atoms with Crippen molar-refractivity contribution in [2.45, 2.75) is 18.9 Å². The Balaban J connectivity index is 1.78. The first-order valence-corrected chi connectivity index (χ1v) is 8.37. The molecule has 0 aliphatic carbocycles. The van der Waals surface area contributed by atoms with Crippen molar-refractivity contribution < 1.29 is 4.74 Å². The van der Waals surface area contributed by atoms with Gasteiger partial charge in [0.15, 0.2) is 0 Å². The zero-order valence-electron chi connectivity index (χ0n) is 14.2. The Bertz CT molecular complexity index is 726. The summed E-state index contributed by atoms with van der Waals surface area (Å²) in [5.41, 5.74) is 3.80. The van der Waals surface area contributed by atoms with Gasteiger partial charge in [0.05, 0.1) is 5.56 Å². The highest BCUT2D eigenvalue weighted by Gasteiger charge is 2.19. The van der Waals surface area contributed by atoms with Crippen LogP contribution in [0, 0.1) is 11.3 Å². The van der Waals surface area contributed by atoms with Crippen LogP contribution in [0.1, 0.15) is 18.4 Å². The third kappa shape index (κ3) is 3.69. The molecule has 2 aromatic rings. The second-order valence-corrected chi connectivity index (χ2v) is 6.27. The SMILES string of the molecule is CNc1ccc(-c2ccc(OC3CCN(C)CC3)c(C#N)c2)cc1. The molecule has 3 rings (SSSR count). The molecule has 0 saturated carbocycles. The number of anilines is 1. The molecule has 4 nitrogen and oxygen atoms in total. The van der Waals surface area contributed by atoms with E-state index in [0.29, 0.717) is 11.3 Å². The first-order valence-electron chi connectivity index (χ1n) is 8.37. The predicted molar refractivity (Wildman–Crippen MR) is 97.3 cm³/mol. The van der Waals surface area contributed by atoms with Crippen molar-refractivity contribution in [1.82, 2.24) is 4.90 Å². The Labute approximate surface area is 143 Å². The second kappa shape index (κ2) is 7.37. The van der Waals surface area contributed by atoms with Gasteiger partial charge in [0, 0.05) is 25.8 Å². The van der Waals surface area contributed by atoms with Gasteiger partial charge in [-0.3, -0.25) is 0 Å². The number of benzene rings is 2. The molecule has 0 atom stereocenters. The normalized spacial score (nSPS) is 15.7.